The molecule has 0 aliphatic carbocycles. The van der Waals surface area contributed by atoms with E-state index in [2.05, 4.69) is 4.74 Å². The summed E-state index contributed by atoms with van der Waals surface area (Å²) in [4.78, 5) is 9.54. The number of hydrogen-bond donors (Lipinski definition) is 1. The van der Waals surface area contributed by atoms with E-state index in [1.54, 1.807) is 4.72 Å². The Morgan fingerprint density at radius 2 is 1.45 bits per heavy atom. The Kier molecular flexibility index (Phi) is 6.10. The highest BCUT2D eigenvalue weighted by Crippen LogP contribution is 2.39. The van der Waals surface area contributed by atoms with Crippen molar-refractivity contribution < 1.29 is 44.5 Å². The van der Waals surface area contributed by atoms with Gasteiger partial charge in [-0.2, -0.15) is 0 Å². The van der Waals surface area contributed by atoms with Crippen molar-refractivity contribution in [3.8, 4) is 0 Å². The normalized spacial score (nSPS) is 12.0. The van der Waals surface area contributed by atoms with E-state index < -0.39 is 62.8 Å². The molecule has 0 fully saturated rings. The fourth-order valence-electron chi connectivity index (χ4n) is 2.32. The minimum absolute atomic E-state index is 0.106. The second-order valence-corrected chi connectivity index (χ2v) is 10.9. The highest BCUT2D eigenvalue weighted by Gasteiger charge is 2.34. The molecule has 0 unspecified atom stereocenters. The number of carbonyl (C=O) groups is 1. The smallest absolute Gasteiger partial charge is 0.337 e. The van der Waals surface area contributed by atoms with Gasteiger partial charge in [0.25, 0.3) is 10.0 Å². The monoisotopic (exact) mass is 457 g/mol. The average molecular weight is 457 g/mol. The summed E-state index contributed by atoms with van der Waals surface area (Å²) in [6.07, 6.45) is 0. The second kappa shape index (κ2) is 7.75. The third-order valence-corrected chi connectivity index (χ3v) is 6.60. The molecule has 0 saturated heterocycles. The Labute approximate surface area is 162 Å². The Balaban J connectivity index is 2.69. The number of carbonyl (C=O) groups excluding carboxylic acids is 1. The van der Waals surface area contributed by atoms with E-state index in [9.17, 15) is 39.7 Å². The van der Waals surface area contributed by atoms with Crippen LogP contribution >= 0.6 is 7.14 Å². The van der Waals surface area contributed by atoms with Crippen LogP contribution in [-0.4, -0.2) is 34.8 Å². The highest BCUT2D eigenvalue weighted by atomic mass is 32.2. The summed E-state index contributed by atoms with van der Waals surface area (Å²) in [6, 6.07) is 3.04. The van der Waals surface area contributed by atoms with Crippen LogP contribution in [0.2, 0.25) is 0 Å². The standard InChI is InChI=1S/C16H13F5NO5PS/c1-27-16(23)7-4-5-8(9(6-7)28(2,3)24)22-29(25,26)15-13(20)11(18)10(17)12(19)14(15)21/h4-6,22H,1-3H3. The van der Waals surface area contributed by atoms with Crippen LogP contribution in [0.4, 0.5) is 27.6 Å². The van der Waals surface area contributed by atoms with Gasteiger partial charge in [0.05, 0.1) is 18.4 Å². The number of benzene rings is 2. The number of ether oxygens (including phenoxy) is 1. The summed E-state index contributed by atoms with van der Waals surface area (Å²) < 4.78 is 111. The van der Waals surface area contributed by atoms with Gasteiger partial charge in [-0.05, 0) is 31.5 Å². The van der Waals surface area contributed by atoms with Crippen molar-refractivity contribution in [2.24, 2.45) is 0 Å². The number of esters is 1. The minimum atomic E-state index is -5.34. The van der Waals surface area contributed by atoms with E-state index in [4.69, 9.17) is 0 Å². The highest BCUT2D eigenvalue weighted by molar-refractivity contribution is 7.92. The van der Waals surface area contributed by atoms with Crippen LogP contribution in [0.1, 0.15) is 10.4 Å². The first kappa shape index (κ1) is 22.8. The van der Waals surface area contributed by atoms with E-state index in [0.29, 0.717) is 0 Å². The SMILES string of the molecule is COC(=O)c1ccc(NS(=O)(=O)c2c(F)c(F)c(F)c(F)c2F)c(P(C)(C)=O)c1. The minimum Gasteiger partial charge on any atom is -0.465 e. The van der Waals surface area contributed by atoms with Crippen molar-refractivity contribution >= 4 is 34.1 Å². The molecular formula is C16H13F5NO5PS. The van der Waals surface area contributed by atoms with E-state index in [1.807, 2.05) is 0 Å². The van der Waals surface area contributed by atoms with Crippen molar-refractivity contribution in [2.45, 2.75) is 4.90 Å². The van der Waals surface area contributed by atoms with Crippen molar-refractivity contribution in [1.29, 1.82) is 0 Å². The average Bonchev–Trinajstić information content (AvgIpc) is 2.63. The molecule has 0 aliphatic heterocycles. The molecule has 0 heterocycles. The zero-order chi connectivity index (χ0) is 22.3. The number of anilines is 1. The molecule has 6 nitrogen and oxygen atoms in total. The molecule has 2 aromatic rings. The van der Waals surface area contributed by atoms with Crippen LogP contribution in [0.3, 0.4) is 0 Å². The van der Waals surface area contributed by atoms with Crippen molar-refractivity contribution in [3.63, 3.8) is 0 Å². The largest absolute Gasteiger partial charge is 0.465 e. The Bertz CT molecular complexity index is 1130. The fourth-order valence-corrected chi connectivity index (χ4v) is 4.78. The van der Waals surface area contributed by atoms with Crippen LogP contribution in [-0.2, 0) is 19.3 Å². The summed E-state index contributed by atoms with van der Waals surface area (Å²) in [5, 5.41) is -0.229. The van der Waals surface area contributed by atoms with Gasteiger partial charge in [-0.3, -0.25) is 4.72 Å². The molecule has 1 N–H and O–H groups in total. The number of hydrogen-bond acceptors (Lipinski definition) is 5. The summed E-state index contributed by atoms with van der Waals surface area (Å²) in [5.41, 5.74) is -0.583. The molecule has 0 bridgehead atoms. The first-order chi connectivity index (χ1) is 13.2. The lowest BCUT2D eigenvalue weighted by Crippen LogP contribution is -2.23. The summed E-state index contributed by atoms with van der Waals surface area (Å²) in [5.74, 6) is -13.4. The maximum atomic E-state index is 13.9. The maximum absolute atomic E-state index is 13.9. The summed E-state index contributed by atoms with van der Waals surface area (Å²) >= 11 is 0. The Morgan fingerprint density at radius 1 is 0.966 bits per heavy atom. The first-order valence-electron chi connectivity index (χ1n) is 7.54. The fraction of sp³-hybridized carbons (Fsp3) is 0.188. The van der Waals surface area contributed by atoms with Crippen LogP contribution < -0.4 is 10.0 Å². The van der Waals surface area contributed by atoms with Crippen LogP contribution in [0.25, 0.3) is 0 Å². The van der Waals surface area contributed by atoms with Gasteiger partial charge in [-0.15, -0.1) is 0 Å². The lowest BCUT2D eigenvalue weighted by atomic mass is 10.2. The van der Waals surface area contributed by atoms with Gasteiger partial charge in [0, 0.05) is 5.30 Å². The molecular weight excluding hydrogens is 444 g/mol. The van der Waals surface area contributed by atoms with Gasteiger partial charge in [0.2, 0.25) is 5.82 Å². The molecule has 0 aliphatic rings. The van der Waals surface area contributed by atoms with Crippen LogP contribution in [0.15, 0.2) is 23.1 Å². The lowest BCUT2D eigenvalue weighted by Gasteiger charge is -2.17. The molecule has 13 heteroatoms. The molecule has 0 spiro atoms. The van der Waals surface area contributed by atoms with E-state index in [0.717, 1.165) is 25.3 Å². The molecule has 2 aromatic carbocycles. The number of nitrogens with one attached hydrogen (secondary N) is 1. The van der Waals surface area contributed by atoms with Crippen molar-refractivity contribution in [3.05, 3.63) is 52.8 Å². The molecule has 0 saturated carbocycles. The predicted octanol–water partition coefficient (Wildman–Crippen LogP) is 3.22. The first-order valence-corrected chi connectivity index (χ1v) is 11.6. The van der Waals surface area contributed by atoms with Gasteiger partial charge in [0.15, 0.2) is 28.2 Å². The third kappa shape index (κ3) is 4.27. The van der Waals surface area contributed by atoms with E-state index in [1.165, 1.54) is 13.3 Å². The Morgan fingerprint density at radius 3 is 1.90 bits per heavy atom. The van der Waals surface area contributed by atoms with Crippen molar-refractivity contribution in [1.82, 2.24) is 0 Å². The van der Waals surface area contributed by atoms with Gasteiger partial charge in [-0.1, -0.05) is 0 Å². The molecule has 2 rings (SSSR count). The van der Waals surface area contributed by atoms with Crippen molar-refractivity contribution in [2.75, 3.05) is 25.2 Å². The van der Waals surface area contributed by atoms with E-state index in [-0.39, 0.29) is 10.9 Å². The zero-order valence-corrected chi connectivity index (χ0v) is 16.7. The topological polar surface area (TPSA) is 89.5 Å². The maximum Gasteiger partial charge on any atom is 0.337 e. The van der Waals surface area contributed by atoms with Gasteiger partial charge >= 0.3 is 5.97 Å². The summed E-state index contributed by atoms with van der Waals surface area (Å²) in [7, 11) is -7.56. The van der Waals surface area contributed by atoms with Gasteiger partial charge in [0.1, 0.15) is 7.14 Å². The molecule has 158 valence electrons. The molecule has 0 aromatic heterocycles. The number of halogens is 5. The lowest BCUT2D eigenvalue weighted by molar-refractivity contribution is 0.0601. The van der Waals surface area contributed by atoms with Crippen LogP contribution in [0, 0.1) is 29.1 Å². The Hall–Kier alpha value is -2.46. The van der Waals surface area contributed by atoms with E-state index >= 15 is 0 Å². The molecule has 0 amide bonds. The quantitative estimate of drug-likeness (QED) is 0.245. The number of rotatable bonds is 5. The third-order valence-electron chi connectivity index (χ3n) is 3.68. The molecule has 0 atom stereocenters. The second-order valence-electron chi connectivity index (χ2n) is 6.08. The summed E-state index contributed by atoms with van der Waals surface area (Å²) in [6.45, 7) is 2.42. The van der Waals surface area contributed by atoms with Gasteiger partial charge < -0.3 is 9.30 Å². The number of methoxy groups -OCH3 is 1. The van der Waals surface area contributed by atoms with Gasteiger partial charge in [-0.25, -0.2) is 35.2 Å². The predicted molar refractivity (Wildman–Crippen MR) is 93.9 cm³/mol. The van der Waals surface area contributed by atoms with Crippen LogP contribution in [0.5, 0.6) is 0 Å². The molecule has 0 radical (unpaired) electrons. The molecule has 29 heavy (non-hydrogen) atoms. The number of sulfonamides is 1. The zero-order valence-electron chi connectivity index (χ0n) is 15.0.